The summed E-state index contributed by atoms with van der Waals surface area (Å²) < 4.78 is 3.80. The van der Waals surface area contributed by atoms with Crippen molar-refractivity contribution in [2.75, 3.05) is 0 Å². The van der Waals surface area contributed by atoms with E-state index in [-0.39, 0.29) is 5.78 Å². The summed E-state index contributed by atoms with van der Waals surface area (Å²) in [4.78, 5) is 12.5. The van der Waals surface area contributed by atoms with Gasteiger partial charge in [-0.1, -0.05) is 12.8 Å². The smallest absolute Gasteiger partial charge is 0.172 e. The Balaban J connectivity index is 1.75. The largest absolute Gasteiger partial charge is 0.294 e. The van der Waals surface area contributed by atoms with Crippen LogP contribution in [0, 0.1) is 13.8 Å². The van der Waals surface area contributed by atoms with Crippen molar-refractivity contribution < 1.29 is 4.79 Å². The van der Waals surface area contributed by atoms with Crippen molar-refractivity contribution in [3.63, 3.8) is 0 Å². The molecule has 112 valence electrons. The van der Waals surface area contributed by atoms with Gasteiger partial charge in [-0.05, 0) is 32.8 Å². The molecule has 5 heteroatoms. The molecular weight excluding hydrogens is 264 g/mol. The molecule has 0 bridgehead atoms. The van der Waals surface area contributed by atoms with Gasteiger partial charge in [0, 0.05) is 18.9 Å². The first-order valence-electron chi connectivity index (χ1n) is 7.63. The van der Waals surface area contributed by atoms with Crippen LogP contribution in [0.25, 0.3) is 0 Å². The van der Waals surface area contributed by atoms with Gasteiger partial charge in [0.2, 0.25) is 0 Å². The van der Waals surface area contributed by atoms with Crippen molar-refractivity contribution in [1.29, 1.82) is 0 Å². The monoisotopic (exact) mass is 286 g/mol. The van der Waals surface area contributed by atoms with E-state index in [1.165, 1.54) is 25.7 Å². The van der Waals surface area contributed by atoms with Crippen LogP contribution in [-0.2, 0) is 13.5 Å². The molecule has 1 fully saturated rings. The highest BCUT2D eigenvalue weighted by atomic mass is 16.1. The van der Waals surface area contributed by atoms with Crippen molar-refractivity contribution in [3.05, 3.63) is 34.9 Å². The van der Waals surface area contributed by atoms with Crippen LogP contribution in [-0.4, -0.2) is 25.3 Å². The molecule has 1 aliphatic carbocycles. The first-order valence-corrected chi connectivity index (χ1v) is 7.63. The fourth-order valence-corrected chi connectivity index (χ4v) is 3.27. The summed E-state index contributed by atoms with van der Waals surface area (Å²) in [7, 11) is 1.87. The van der Waals surface area contributed by atoms with E-state index < -0.39 is 0 Å². The molecule has 5 nitrogen and oxygen atoms in total. The van der Waals surface area contributed by atoms with Gasteiger partial charge in [-0.3, -0.25) is 14.2 Å². The Bertz CT molecular complexity index is 662. The van der Waals surface area contributed by atoms with E-state index in [1.807, 2.05) is 37.8 Å². The van der Waals surface area contributed by atoms with Gasteiger partial charge in [0.1, 0.15) is 0 Å². The third-order valence-corrected chi connectivity index (χ3v) is 4.49. The lowest BCUT2D eigenvalue weighted by Crippen LogP contribution is -2.09. The van der Waals surface area contributed by atoms with Gasteiger partial charge in [-0.25, -0.2) is 0 Å². The fraction of sp³-hybridized carbons (Fsp3) is 0.562. The molecule has 2 heterocycles. The Hall–Kier alpha value is -1.91. The van der Waals surface area contributed by atoms with Crippen LogP contribution in [0.2, 0.25) is 0 Å². The number of nitrogens with zero attached hydrogens (tertiary/aromatic N) is 4. The first-order chi connectivity index (χ1) is 10.1. The maximum Gasteiger partial charge on any atom is 0.172 e. The van der Waals surface area contributed by atoms with Crippen LogP contribution >= 0.6 is 0 Å². The third-order valence-electron chi connectivity index (χ3n) is 4.49. The number of aromatic nitrogens is 4. The van der Waals surface area contributed by atoms with E-state index in [1.54, 1.807) is 4.68 Å². The number of hydrogen-bond acceptors (Lipinski definition) is 3. The Labute approximate surface area is 125 Å². The molecule has 1 aliphatic rings. The highest BCUT2D eigenvalue weighted by Gasteiger charge is 2.20. The zero-order chi connectivity index (χ0) is 15.0. The van der Waals surface area contributed by atoms with Crippen molar-refractivity contribution in [2.45, 2.75) is 52.0 Å². The Kier molecular flexibility index (Phi) is 3.66. The molecule has 0 aromatic carbocycles. The van der Waals surface area contributed by atoms with E-state index >= 15 is 0 Å². The van der Waals surface area contributed by atoms with E-state index in [2.05, 4.69) is 10.2 Å². The average Bonchev–Trinajstić information content (AvgIpc) is 3.11. The molecule has 0 atom stereocenters. The zero-order valence-corrected chi connectivity index (χ0v) is 13.0. The SMILES string of the molecule is Cc1nn(C)c(C)c1C(=O)Cc1ccn(C2CCCC2)n1. The van der Waals surface area contributed by atoms with E-state index in [4.69, 9.17) is 0 Å². The molecule has 3 rings (SSSR count). The summed E-state index contributed by atoms with van der Waals surface area (Å²) in [5.41, 5.74) is 3.32. The average molecular weight is 286 g/mol. The summed E-state index contributed by atoms with van der Waals surface area (Å²) in [5.74, 6) is 0.106. The van der Waals surface area contributed by atoms with E-state index in [0.717, 1.165) is 22.6 Å². The van der Waals surface area contributed by atoms with Gasteiger partial charge in [0.15, 0.2) is 5.78 Å². The molecule has 0 unspecified atom stereocenters. The predicted molar refractivity (Wildman–Crippen MR) is 80.4 cm³/mol. The van der Waals surface area contributed by atoms with Crippen LogP contribution in [0.3, 0.4) is 0 Å². The lowest BCUT2D eigenvalue weighted by atomic mass is 10.1. The molecule has 1 saturated carbocycles. The Morgan fingerprint density at radius 3 is 2.62 bits per heavy atom. The van der Waals surface area contributed by atoms with Crippen molar-refractivity contribution in [3.8, 4) is 0 Å². The van der Waals surface area contributed by atoms with Crippen LogP contribution < -0.4 is 0 Å². The molecule has 0 aliphatic heterocycles. The topological polar surface area (TPSA) is 52.7 Å². The molecular formula is C16H22N4O. The summed E-state index contributed by atoms with van der Waals surface area (Å²) in [5, 5.41) is 8.90. The molecule has 2 aromatic heterocycles. The standard InChI is InChI=1S/C16H22N4O/c1-11-16(12(2)19(3)17-11)15(21)10-13-8-9-20(18-13)14-6-4-5-7-14/h8-9,14H,4-7,10H2,1-3H3. The second-order valence-electron chi connectivity index (χ2n) is 5.99. The zero-order valence-electron chi connectivity index (χ0n) is 13.0. The minimum Gasteiger partial charge on any atom is -0.294 e. The van der Waals surface area contributed by atoms with Crippen molar-refractivity contribution >= 4 is 5.78 Å². The molecule has 0 amide bonds. The second-order valence-corrected chi connectivity index (χ2v) is 5.99. The normalized spacial score (nSPS) is 15.8. The van der Waals surface area contributed by atoms with Gasteiger partial charge in [-0.15, -0.1) is 0 Å². The predicted octanol–water partition coefficient (Wildman–Crippen LogP) is 2.77. The van der Waals surface area contributed by atoms with Crippen LogP contribution in [0.15, 0.2) is 12.3 Å². The van der Waals surface area contributed by atoms with Crippen molar-refractivity contribution in [2.24, 2.45) is 7.05 Å². The number of carbonyl (C=O) groups excluding carboxylic acids is 1. The minimum absolute atomic E-state index is 0.106. The second kappa shape index (κ2) is 5.47. The first kappa shape index (κ1) is 14.0. The Morgan fingerprint density at radius 1 is 1.29 bits per heavy atom. The number of hydrogen-bond donors (Lipinski definition) is 0. The Morgan fingerprint density at radius 2 is 2.00 bits per heavy atom. The molecule has 0 radical (unpaired) electrons. The van der Waals surface area contributed by atoms with Crippen LogP contribution in [0.5, 0.6) is 0 Å². The quantitative estimate of drug-likeness (QED) is 0.812. The van der Waals surface area contributed by atoms with Crippen LogP contribution in [0.1, 0.15) is 59.2 Å². The van der Waals surface area contributed by atoms with Gasteiger partial charge in [0.05, 0.1) is 29.4 Å². The molecule has 0 saturated heterocycles. The van der Waals surface area contributed by atoms with E-state index in [0.29, 0.717) is 12.5 Å². The van der Waals surface area contributed by atoms with Gasteiger partial charge >= 0.3 is 0 Å². The number of Topliss-reactive ketones (excluding diaryl/α,β-unsaturated/α-hetero) is 1. The summed E-state index contributed by atoms with van der Waals surface area (Å²) in [6.45, 7) is 3.82. The summed E-state index contributed by atoms with van der Waals surface area (Å²) in [6.07, 6.45) is 7.35. The van der Waals surface area contributed by atoms with Gasteiger partial charge in [0.25, 0.3) is 0 Å². The molecule has 0 N–H and O–H groups in total. The van der Waals surface area contributed by atoms with E-state index in [9.17, 15) is 4.79 Å². The summed E-state index contributed by atoms with van der Waals surface area (Å²) >= 11 is 0. The van der Waals surface area contributed by atoms with Crippen LogP contribution in [0.4, 0.5) is 0 Å². The highest BCUT2D eigenvalue weighted by Crippen LogP contribution is 2.28. The highest BCUT2D eigenvalue weighted by molar-refractivity contribution is 5.99. The molecule has 2 aromatic rings. The fourth-order valence-electron chi connectivity index (χ4n) is 3.27. The van der Waals surface area contributed by atoms with Gasteiger partial charge in [-0.2, -0.15) is 10.2 Å². The maximum atomic E-state index is 12.5. The maximum absolute atomic E-state index is 12.5. The third kappa shape index (κ3) is 2.64. The number of rotatable bonds is 4. The van der Waals surface area contributed by atoms with Crippen molar-refractivity contribution in [1.82, 2.24) is 19.6 Å². The number of aryl methyl sites for hydroxylation is 2. The lowest BCUT2D eigenvalue weighted by Gasteiger charge is -2.08. The van der Waals surface area contributed by atoms with Gasteiger partial charge < -0.3 is 0 Å². The number of ketones is 1. The lowest BCUT2D eigenvalue weighted by molar-refractivity contribution is 0.0990. The number of carbonyl (C=O) groups is 1. The minimum atomic E-state index is 0.106. The molecule has 0 spiro atoms. The molecule has 21 heavy (non-hydrogen) atoms. The summed E-state index contributed by atoms with van der Waals surface area (Å²) in [6, 6.07) is 2.49.